The van der Waals surface area contributed by atoms with E-state index in [1.807, 2.05) is 0 Å². The van der Waals surface area contributed by atoms with Crippen molar-refractivity contribution in [3.63, 3.8) is 0 Å². The first-order valence-electron chi connectivity index (χ1n) is 6.12. The molecular formula is C14H13ClFN3O2. The molecule has 0 saturated carbocycles. The number of rotatable bonds is 3. The molecule has 0 spiro atoms. The van der Waals surface area contributed by atoms with Gasteiger partial charge in [-0.25, -0.2) is 4.39 Å². The molecule has 0 aliphatic carbocycles. The summed E-state index contributed by atoms with van der Waals surface area (Å²) in [4.78, 5) is 24.2. The molecule has 0 bridgehead atoms. The fourth-order valence-corrected chi connectivity index (χ4v) is 2.17. The van der Waals surface area contributed by atoms with Crippen molar-refractivity contribution in [2.45, 2.75) is 13.8 Å². The number of nitrogens with zero attached hydrogens (tertiary/aromatic N) is 2. The highest BCUT2D eigenvalue weighted by atomic mass is 35.5. The second-order valence-electron chi connectivity index (χ2n) is 4.55. The molecule has 21 heavy (non-hydrogen) atoms. The van der Waals surface area contributed by atoms with Crippen LogP contribution in [-0.4, -0.2) is 21.5 Å². The number of carbonyl (C=O) groups is 2. The van der Waals surface area contributed by atoms with Crippen molar-refractivity contribution >= 4 is 29.0 Å². The van der Waals surface area contributed by atoms with Gasteiger partial charge in [0.1, 0.15) is 0 Å². The molecule has 1 N–H and O–H groups in total. The number of aromatic nitrogens is 2. The van der Waals surface area contributed by atoms with Crippen LogP contribution < -0.4 is 5.32 Å². The molecule has 1 amide bonds. The van der Waals surface area contributed by atoms with Crippen LogP contribution in [0.2, 0.25) is 5.02 Å². The largest absolute Gasteiger partial charge is 0.317 e. The fourth-order valence-electron chi connectivity index (χ4n) is 2.00. The third-order valence-corrected chi connectivity index (χ3v) is 3.43. The molecular weight excluding hydrogens is 297 g/mol. The van der Waals surface area contributed by atoms with Crippen molar-refractivity contribution in [1.82, 2.24) is 9.78 Å². The van der Waals surface area contributed by atoms with E-state index in [4.69, 9.17) is 11.6 Å². The van der Waals surface area contributed by atoms with Gasteiger partial charge < -0.3 is 5.32 Å². The maximum Gasteiger partial charge on any atom is 0.296 e. The van der Waals surface area contributed by atoms with E-state index in [9.17, 15) is 14.0 Å². The van der Waals surface area contributed by atoms with E-state index in [0.29, 0.717) is 11.4 Å². The summed E-state index contributed by atoms with van der Waals surface area (Å²) in [7, 11) is 1.67. The van der Waals surface area contributed by atoms with Crippen LogP contribution in [0, 0.1) is 19.7 Å². The Morgan fingerprint density at radius 3 is 2.57 bits per heavy atom. The van der Waals surface area contributed by atoms with Gasteiger partial charge in [-0.15, -0.1) is 0 Å². The Morgan fingerprint density at radius 2 is 2.00 bits per heavy atom. The van der Waals surface area contributed by atoms with E-state index >= 15 is 0 Å². The Bertz CT molecular complexity index is 740. The first kappa shape index (κ1) is 15.2. The predicted octanol–water partition coefficient (Wildman–Crippen LogP) is 2.65. The van der Waals surface area contributed by atoms with Gasteiger partial charge in [0.25, 0.3) is 11.7 Å². The lowest BCUT2D eigenvalue weighted by molar-refractivity contribution is -0.112. The molecule has 0 fully saturated rings. The summed E-state index contributed by atoms with van der Waals surface area (Å²) in [6.07, 6.45) is 0. The van der Waals surface area contributed by atoms with E-state index < -0.39 is 17.5 Å². The number of halogens is 2. The van der Waals surface area contributed by atoms with Gasteiger partial charge >= 0.3 is 0 Å². The molecule has 0 radical (unpaired) electrons. The molecule has 2 aromatic rings. The lowest BCUT2D eigenvalue weighted by atomic mass is 10.1. The predicted molar refractivity (Wildman–Crippen MR) is 77.1 cm³/mol. The average molecular weight is 310 g/mol. The van der Waals surface area contributed by atoms with Gasteiger partial charge in [0.2, 0.25) is 0 Å². The molecule has 7 heteroatoms. The van der Waals surface area contributed by atoms with Crippen LogP contribution in [0.15, 0.2) is 18.2 Å². The number of nitrogens with one attached hydrogen (secondary N) is 1. The molecule has 5 nitrogen and oxygen atoms in total. The fraction of sp³-hybridized carbons (Fsp3) is 0.214. The summed E-state index contributed by atoms with van der Waals surface area (Å²) in [5.74, 6) is -2.48. The molecule has 0 atom stereocenters. The monoisotopic (exact) mass is 309 g/mol. The van der Waals surface area contributed by atoms with E-state index in [0.717, 1.165) is 0 Å². The lowest BCUT2D eigenvalue weighted by Crippen LogP contribution is -2.24. The number of carbonyl (C=O) groups excluding carboxylic acids is 2. The highest BCUT2D eigenvalue weighted by Gasteiger charge is 2.24. The molecule has 1 aromatic carbocycles. The molecule has 2 rings (SSSR count). The lowest BCUT2D eigenvalue weighted by Gasteiger charge is -2.06. The van der Waals surface area contributed by atoms with Gasteiger partial charge in [0, 0.05) is 12.7 Å². The van der Waals surface area contributed by atoms with E-state index in [2.05, 4.69) is 10.4 Å². The van der Waals surface area contributed by atoms with Crippen molar-refractivity contribution in [2.75, 3.05) is 5.32 Å². The molecule has 0 aliphatic heterocycles. The zero-order valence-electron chi connectivity index (χ0n) is 11.7. The van der Waals surface area contributed by atoms with Crippen LogP contribution >= 0.6 is 11.6 Å². The summed E-state index contributed by atoms with van der Waals surface area (Å²) in [6, 6.07) is 4.16. The van der Waals surface area contributed by atoms with Crippen LogP contribution in [0.1, 0.15) is 21.7 Å². The van der Waals surface area contributed by atoms with Gasteiger partial charge in [-0.3, -0.25) is 14.3 Å². The minimum atomic E-state index is -0.935. The van der Waals surface area contributed by atoms with Gasteiger partial charge in [0.15, 0.2) is 5.82 Å². The van der Waals surface area contributed by atoms with Crippen LogP contribution in [0.3, 0.4) is 0 Å². The van der Waals surface area contributed by atoms with Crippen molar-refractivity contribution in [3.8, 4) is 0 Å². The van der Waals surface area contributed by atoms with Gasteiger partial charge in [0.05, 0.1) is 22.0 Å². The second-order valence-corrected chi connectivity index (χ2v) is 4.96. The third-order valence-electron chi connectivity index (χ3n) is 3.14. The van der Waals surface area contributed by atoms with Crippen molar-refractivity contribution in [3.05, 3.63) is 46.0 Å². The van der Waals surface area contributed by atoms with Crippen molar-refractivity contribution < 1.29 is 14.0 Å². The summed E-state index contributed by atoms with van der Waals surface area (Å²) in [5, 5.41) is 6.17. The molecule has 110 valence electrons. The van der Waals surface area contributed by atoms with E-state index in [1.54, 1.807) is 20.9 Å². The smallest absolute Gasteiger partial charge is 0.296 e. The minimum Gasteiger partial charge on any atom is -0.317 e. The van der Waals surface area contributed by atoms with Gasteiger partial charge in [-0.05, 0) is 26.0 Å². The van der Waals surface area contributed by atoms with Crippen LogP contribution in [0.5, 0.6) is 0 Å². The molecule has 1 aromatic heterocycles. The zero-order chi connectivity index (χ0) is 15.7. The maximum atomic E-state index is 13.7. The SMILES string of the molecule is Cc1nn(C)c(C)c1C(=O)C(=O)Nc1cccc(Cl)c1F. The Hall–Kier alpha value is -2.21. The highest BCUT2D eigenvalue weighted by molar-refractivity contribution is 6.47. The molecule has 0 unspecified atom stereocenters. The molecule has 0 aliphatic rings. The van der Waals surface area contributed by atoms with Crippen LogP contribution in [0.4, 0.5) is 10.1 Å². The normalized spacial score (nSPS) is 10.5. The first-order chi connectivity index (χ1) is 9.82. The summed E-state index contributed by atoms with van der Waals surface area (Å²) >= 11 is 5.62. The Morgan fingerprint density at radius 1 is 1.33 bits per heavy atom. The van der Waals surface area contributed by atoms with Gasteiger partial charge in [-0.2, -0.15) is 5.10 Å². The quantitative estimate of drug-likeness (QED) is 0.700. The number of hydrogen-bond acceptors (Lipinski definition) is 3. The van der Waals surface area contributed by atoms with Crippen molar-refractivity contribution in [2.24, 2.45) is 7.05 Å². The minimum absolute atomic E-state index is 0.131. The standard InChI is InChI=1S/C14H13ClFN3O2/c1-7-11(8(2)19(3)18-7)13(20)14(21)17-10-6-4-5-9(15)12(10)16/h4-6H,1-3H3,(H,17,21). The average Bonchev–Trinajstić information content (AvgIpc) is 2.68. The Balaban J connectivity index is 2.28. The maximum absolute atomic E-state index is 13.7. The number of anilines is 1. The summed E-state index contributed by atoms with van der Waals surface area (Å²) in [6.45, 7) is 3.31. The zero-order valence-corrected chi connectivity index (χ0v) is 12.5. The topological polar surface area (TPSA) is 64.0 Å². The third kappa shape index (κ3) is 2.80. The number of hydrogen-bond donors (Lipinski definition) is 1. The number of ketones is 1. The first-order valence-corrected chi connectivity index (χ1v) is 6.50. The Labute approximate surface area is 125 Å². The number of aryl methyl sites for hydroxylation is 2. The number of benzene rings is 1. The van der Waals surface area contributed by atoms with Gasteiger partial charge in [-0.1, -0.05) is 17.7 Å². The summed E-state index contributed by atoms with van der Waals surface area (Å²) in [5.41, 5.74) is 1.10. The van der Waals surface area contributed by atoms with Crippen LogP contribution in [0.25, 0.3) is 0 Å². The molecule has 1 heterocycles. The van der Waals surface area contributed by atoms with Crippen LogP contribution in [-0.2, 0) is 11.8 Å². The summed E-state index contributed by atoms with van der Waals surface area (Å²) < 4.78 is 15.2. The number of Topliss-reactive ketones (excluding diaryl/α,β-unsaturated/α-hetero) is 1. The van der Waals surface area contributed by atoms with Crippen molar-refractivity contribution in [1.29, 1.82) is 0 Å². The van der Waals surface area contributed by atoms with E-state index in [-0.39, 0.29) is 16.3 Å². The second kappa shape index (κ2) is 5.65. The Kier molecular flexibility index (Phi) is 4.09. The molecule has 0 saturated heterocycles. The number of amides is 1. The highest BCUT2D eigenvalue weighted by Crippen LogP contribution is 2.22. The van der Waals surface area contributed by atoms with E-state index in [1.165, 1.54) is 22.9 Å².